The van der Waals surface area contributed by atoms with Crippen molar-refractivity contribution in [2.75, 3.05) is 7.05 Å². The second-order valence-electron chi connectivity index (χ2n) is 4.45. The van der Waals surface area contributed by atoms with Gasteiger partial charge in [-0.15, -0.1) is 0 Å². The maximum atomic E-state index is 11.9. The molecule has 2 aromatic rings. The van der Waals surface area contributed by atoms with Crippen LogP contribution in [-0.2, 0) is 16.6 Å². The Morgan fingerprint density at radius 2 is 2.00 bits per heavy atom. The zero-order valence-electron chi connectivity index (χ0n) is 11.8. The summed E-state index contributed by atoms with van der Waals surface area (Å²) in [5, 5.41) is 2.58. The van der Waals surface area contributed by atoms with Crippen LogP contribution in [0.3, 0.4) is 0 Å². The van der Waals surface area contributed by atoms with Crippen LogP contribution in [0.2, 0.25) is 0 Å². The number of hydrogen-bond acceptors (Lipinski definition) is 4. The normalized spacial score (nSPS) is 11.1. The van der Waals surface area contributed by atoms with Crippen molar-refractivity contribution < 1.29 is 13.2 Å². The topological polar surface area (TPSA) is 108 Å². The first-order valence-electron chi connectivity index (χ1n) is 6.42. The Bertz CT molecular complexity index is 843. The lowest BCUT2D eigenvalue weighted by Gasteiger charge is -2.07. The molecule has 0 radical (unpaired) electrons. The number of carbonyl (C=O) groups excluding carboxylic acids is 1. The van der Waals surface area contributed by atoms with Gasteiger partial charge in [-0.2, -0.15) is 0 Å². The summed E-state index contributed by atoms with van der Waals surface area (Å²) in [5.74, 6) is -0.524. The lowest BCUT2D eigenvalue weighted by Crippen LogP contribution is -2.29. The molecule has 1 aromatic heterocycles. The molecule has 0 bridgehead atoms. The van der Waals surface area contributed by atoms with Crippen molar-refractivity contribution in [1.29, 1.82) is 0 Å². The van der Waals surface area contributed by atoms with Gasteiger partial charge in [0.05, 0.1) is 4.90 Å². The Morgan fingerprint density at radius 3 is 2.68 bits per heavy atom. The molecule has 116 valence electrons. The molecule has 0 aliphatic rings. The van der Waals surface area contributed by atoms with Crippen LogP contribution in [0.15, 0.2) is 52.3 Å². The lowest BCUT2D eigenvalue weighted by molar-refractivity contribution is 0.0949. The summed E-state index contributed by atoms with van der Waals surface area (Å²) in [6.07, 6.45) is 1.44. The number of benzene rings is 1. The summed E-state index contributed by atoms with van der Waals surface area (Å²) < 4.78 is 25.6. The summed E-state index contributed by atoms with van der Waals surface area (Å²) in [7, 11) is -2.21. The molecular formula is C14H15N3O4S. The van der Waals surface area contributed by atoms with Crippen LogP contribution in [-0.4, -0.2) is 26.4 Å². The Kier molecular flexibility index (Phi) is 4.74. The Balaban J connectivity index is 2.13. The molecule has 0 saturated heterocycles. The van der Waals surface area contributed by atoms with Crippen molar-refractivity contribution in [2.45, 2.75) is 11.4 Å². The van der Waals surface area contributed by atoms with E-state index in [0.717, 1.165) is 0 Å². The van der Waals surface area contributed by atoms with Crippen LogP contribution >= 0.6 is 0 Å². The van der Waals surface area contributed by atoms with Crippen LogP contribution in [0, 0.1) is 0 Å². The summed E-state index contributed by atoms with van der Waals surface area (Å²) in [6.45, 7) is 0.111. The minimum Gasteiger partial charge on any atom is -0.348 e. The van der Waals surface area contributed by atoms with Gasteiger partial charge in [0.25, 0.3) is 11.5 Å². The van der Waals surface area contributed by atoms with E-state index in [1.165, 1.54) is 31.4 Å². The van der Waals surface area contributed by atoms with E-state index >= 15 is 0 Å². The maximum absolute atomic E-state index is 11.9. The average molecular weight is 321 g/mol. The predicted octanol–water partition coefficient (Wildman–Crippen LogP) is 0.213. The number of rotatable bonds is 5. The molecule has 7 nitrogen and oxygen atoms in total. The van der Waals surface area contributed by atoms with Crippen LogP contribution < -0.4 is 15.6 Å². The summed E-state index contributed by atoms with van der Waals surface area (Å²) >= 11 is 0. The third-order valence-electron chi connectivity index (χ3n) is 2.99. The number of hydrogen-bond donors (Lipinski definition) is 3. The lowest BCUT2D eigenvalue weighted by atomic mass is 10.2. The minimum absolute atomic E-state index is 0.00139. The number of carbonyl (C=O) groups is 1. The second kappa shape index (κ2) is 6.54. The van der Waals surface area contributed by atoms with Gasteiger partial charge in [0.1, 0.15) is 5.56 Å². The van der Waals surface area contributed by atoms with Gasteiger partial charge >= 0.3 is 0 Å². The van der Waals surface area contributed by atoms with Crippen LogP contribution in [0.4, 0.5) is 0 Å². The van der Waals surface area contributed by atoms with Crippen molar-refractivity contribution in [3.8, 4) is 0 Å². The summed E-state index contributed by atoms with van der Waals surface area (Å²) in [5.41, 5.74) is 0.130. The van der Waals surface area contributed by atoms with E-state index in [9.17, 15) is 18.0 Å². The summed E-state index contributed by atoms with van der Waals surface area (Å²) in [4.78, 5) is 25.9. The first kappa shape index (κ1) is 15.9. The van der Waals surface area contributed by atoms with E-state index in [4.69, 9.17) is 0 Å². The second-order valence-corrected chi connectivity index (χ2v) is 6.34. The monoisotopic (exact) mass is 321 g/mol. The van der Waals surface area contributed by atoms with E-state index < -0.39 is 21.5 Å². The minimum atomic E-state index is -3.54. The Hall–Kier alpha value is -2.45. The molecular weight excluding hydrogens is 306 g/mol. The van der Waals surface area contributed by atoms with Crippen LogP contribution in [0.25, 0.3) is 0 Å². The number of pyridine rings is 1. The van der Waals surface area contributed by atoms with E-state index in [0.29, 0.717) is 5.56 Å². The molecule has 0 aliphatic heterocycles. The molecule has 0 fully saturated rings. The molecule has 22 heavy (non-hydrogen) atoms. The molecule has 0 unspecified atom stereocenters. The highest BCUT2D eigenvalue weighted by Gasteiger charge is 2.12. The van der Waals surface area contributed by atoms with Crippen molar-refractivity contribution in [3.63, 3.8) is 0 Å². The maximum Gasteiger partial charge on any atom is 0.260 e. The molecule has 1 heterocycles. The number of aromatic nitrogens is 1. The van der Waals surface area contributed by atoms with Crippen LogP contribution in [0.5, 0.6) is 0 Å². The summed E-state index contributed by atoms with van der Waals surface area (Å²) in [6, 6.07) is 9.15. The van der Waals surface area contributed by atoms with E-state index in [-0.39, 0.29) is 17.0 Å². The van der Waals surface area contributed by atoms with Gasteiger partial charge in [0.15, 0.2) is 0 Å². The fourth-order valence-electron chi connectivity index (χ4n) is 1.82. The molecule has 2 rings (SSSR count). The highest BCUT2D eigenvalue weighted by molar-refractivity contribution is 7.89. The third kappa shape index (κ3) is 3.60. The number of H-pyrrole nitrogens is 1. The van der Waals surface area contributed by atoms with Crippen molar-refractivity contribution >= 4 is 15.9 Å². The average Bonchev–Trinajstić information content (AvgIpc) is 2.53. The van der Waals surface area contributed by atoms with Gasteiger partial charge in [-0.25, -0.2) is 13.1 Å². The SMILES string of the molecule is CNS(=O)(=O)c1cccc(CNC(=O)c2ccc[nH]c2=O)c1. The van der Waals surface area contributed by atoms with Crippen molar-refractivity contribution in [2.24, 2.45) is 0 Å². The van der Waals surface area contributed by atoms with Crippen molar-refractivity contribution in [3.05, 3.63) is 64.1 Å². The highest BCUT2D eigenvalue weighted by atomic mass is 32.2. The molecule has 8 heteroatoms. The Labute approximate surface area is 127 Å². The van der Waals surface area contributed by atoms with Gasteiger partial charge in [0, 0.05) is 12.7 Å². The smallest absolute Gasteiger partial charge is 0.260 e. The van der Waals surface area contributed by atoms with Gasteiger partial charge in [0.2, 0.25) is 10.0 Å². The highest BCUT2D eigenvalue weighted by Crippen LogP contribution is 2.11. The number of amides is 1. The van der Waals surface area contributed by atoms with Gasteiger partial charge < -0.3 is 10.3 Å². The largest absolute Gasteiger partial charge is 0.348 e. The van der Waals surface area contributed by atoms with E-state index in [2.05, 4.69) is 15.0 Å². The van der Waals surface area contributed by atoms with Gasteiger partial charge in [-0.05, 0) is 36.9 Å². The van der Waals surface area contributed by atoms with E-state index in [1.807, 2.05) is 0 Å². The first-order chi connectivity index (χ1) is 10.4. The third-order valence-corrected chi connectivity index (χ3v) is 4.41. The van der Waals surface area contributed by atoms with Gasteiger partial charge in [-0.1, -0.05) is 12.1 Å². The number of sulfonamides is 1. The standard InChI is InChI=1S/C14H15N3O4S/c1-15-22(20,21)11-5-2-4-10(8-11)9-17-14(19)12-6-3-7-16-13(12)18/h2-8,15H,9H2,1H3,(H,16,18)(H,17,19). The number of aromatic amines is 1. The first-order valence-corrected chi connectivity index (χ1v) is 7.91. The predicted molar refractivity (Wildman–Crippen MR) is 80.9 cm³/mol. The van der Waals surface area contributed by atoms with Gasteiger partial charge in [-0.3, -0.25) is 9.59 Å². The molecule has 1 aromatic carbocycles. The Morgan fingerprint density at radius 1 is 1.23 bits per heavy atom. The fraction of sp³-hybridized carbons (Fsp3) is 0.143. The molecule has 3 N–H and O–H groups in total. The quantitative estimate of drug-likeness (QED) is 0.731. The molecule has 1 amide bonds. The van der Waals surface area contributed by atoms with E-state index in [1.54, 1.807) is 18.2 Å². The zero-order valence-corrected chi connectivity index (χ0v) is 12.6. The number of nitrogens with one attached hydrogen (secondary N) is 3. The van der Waals surface area contributed by atoms with Crippen LogP contribution in [0.1, 0.15) is 15.9 Å². The molecule has 0 atom stereocenters. The molecule has 0 aliphatic carbocycles. The van der Waals surface area contributed by atoms with Crippen molar-refractivity contribution in [1.82, 2.24) is 15.0 Å². The molecule has 0 saturated carbocycles. The molecule has 0 spiro atoms. The zero-order chi connectivity index (χ0) is 16.2. The fourth-order valence-corrected chi connectivity index (χ4v) is 2.62.